The van der Waals surface area contributed by atoms with Gasteiger partial charge in [-0.05, 0) is 72.7 Å². The average molecular weight is 466 g/mol. The molecular formula is C25H21F2N3O2S. The van der Waals surface area contributed by atoms with Gasteiger partial charge in [0.05, 0.1) is 12.1 Å². The lowest BCUT2D eigenvalue weighted by molar-refractivity contribution is -0.124. The van der Waals surface area contributed by atoms with Crippen LogP contribution < -0.4 is 10.2 Å². The summed E-state index contributed by atoms with van der Waals surface area (Å²) in [5, 5.41) is 3.01. The van der Waals surface area contributed by atoms with Gasteiger partial charge in [0.25, 0.3) is 5.91 Å². The molecule has 4 rings (SSSR count). The van der Waals surface area contributed by atoms with Crippen LogP contribution in [0.25, 0.3) is 0 Å². The molecular weight excluding hydrogens is 444 g/mol. The number of hydrogen-bond donors (Lipinski definition) is 1. The van der Waals surface area contributed by atoms with E-state index in [-0.39, 0.29) is 24.1 Å². The largest absolute Gasteiger partial charge is 0.336 e. The Bertz CT molecular complexity index is 1150. The summed E-state index contributed by atoms with van der Waals surface area (Å²) in [6.07, 6.45) is 0.398. The lowest BCUT2D eigenvalue weighted by atomic mass is 10.1. The number of nitrogens with one attached hydrogen (secondary N) is 1. The molecule has 1 saturated heterocycles. The summed E-state index contributed by atoms with van der Waals surface area (Å²) < 4.78 is 26.4. The first kappa shape index (κ1) is 22.5. The van der Waals surface area contributed by atoms with Gasteiger partial charge in [0.1, 0.15) is 17.7 Å². The lowest BCUT2D eigenvalue weighted by Gasteiger charge is -2.24. The summed E-state index contributed by atoms with van der Waals surface area (Å²) in [5.41, 5.74) is 1.95. The van der Waals surface area contributed by atoms with Gasteiger partial charge in [-0.25, -0.2) is 8.78 Å². The van der Waals surface area contributed by atoms with E-state index in [1.807, 2.05) is 18.2 Å². The van der Waals surface area contributed by atoms with E-state index in [9.17, 15) is 18.4 Å². The van der Waals surface area contributed by atoms with Crippen LogP contribution in [0.3, 0.4) is 0 Å². The summed E-state index contributed by atoms with van der Waals surface area (Å²) >= 11 is 5.63. The molecule has 1 atom stereocenters. The van der Waals surface area contributed by atoms with E-state index in [1.54, 1.807) is 29.2 Å². The third kappa shape index (κ3) is 5.23. The van der Waals surface area contributed by atoms with Gasteiger partial charge >= 0.3 is 0 Å². The van der Waals surface area contributed by atoms with Gasteiger partial charge in [0.2, 0.25) is 5.91 Å². The molecule has 8 heteroatoms. The Morgan fingerprint density at radius 3 is 2.15 bits per heavy atom. The monoisotopic (exact) mass is 465 g/mol. The van der Waals surface area contributed by atoms with Crippen LogP contribution in [0.5, 0.6) is 0 Å². The quantitative estimate of drug-likeness (QED) is 0.521. The van der Waals surface area contributed by atoms with Crippen molar-refractivity contribution in [3.63, 3.8) is 0 Å². The molecule has 33 heavy (non-hydrogen) atoms. The van der Waals surface area contributed by atoms with Gasteiger partial charge < -0.3 is 10.2 Å². The number of anilines is 2. The zero-order valence-corrected chi connectivity index (χ0v) is 18.4. The van der Waals surface area contributed by atoms with E-state index in [4.69, 9.17) is 12.2 Å². The number of hydrogen-bond acceptors (Lipinski definition) is 3. The predicted octanol–water partition coefficient (Wildman–Crippen LogP) is 4.54. The van der Waals surface area contributed by atoms with Gasteiger partial charge in [-0.1, -0.05) is 30.3 Å². The number of thiocarbonyl (C=S) groups is 1. The first-order valence-electron chi connectivity index (χ1n) is 10.4. The van der Waals surface area contributed by atoms with Crippen molar-refractivity contribution >= 4 is 40.5 Å². The number of nitrogens with zero attached hydrogens (tertiary/aromatic N) is 2. The summed E-state index contributed by atoms with van der Waals surface area (Å²) in [5.74, 6) is -1.41. The normalized spacial score (nSPS) is 15.8. The van der Waals surface area contributed by atoms with Crippen molar-refractivity contribution in [2.75, 3.05) is 16.8 Å². The maximum atomic E-state index is 13.3. The van der Waals surface area contributed by atoms with Crippen LogP contribution in [0.4, 0.5) is 20.2 Å². The highest BCUT2D eigenvalue weighted by atomic mass is 32.1. The van der Waals surface area contributed by atoms with Crippen molar-refractivity contribution in [2.45, 2.75) is 18.9 Å². The molecule has 3 aromatic rings. The fourth-order valence-corrected chi connectivity index (χ4v) is 4.14. The maximum absolute atomic E-state index is 13.3. The Balaban J connectivity index is 1.54. The fourth-order valence-electron chi connectivity index (χ4n) is 3.72. The Morgan fingerprint density at radius 1 is 0.909 bits per heavy atom. The summed E-state index contributed by atoms with van der Waals surface area (Å²) in [6, 6.07) is 19.8. The van der Waals surface area contributed by atoms with Gasteiger partial charge in [0, 0.05) is 12.2 Å². The van der Waals surface area contributed by atoms with Crippen LogP contribution in [0.1, 0.15) is 12.0 Å². The second-order valence-electron chi connectivity index (χ2n) is 7.64. The SMILES string of the molecule is O=C(C[C@@H]1C(=O)N(c2ccccc2)C(=S)N1CCc1ccc(F)cc1)Nc1ccc(F)cc1. The molecule has 5 nitrogen and oxygen atoms in total. The molecule has 1 aliphatic rings. The molecule has 1 heterocycles. The average Bonchev–Trinajstić information content (AvgIpc) is 3.04. The third-order valence-electron chi connectivity index (χ3n) is 5.39. The van der Waals surface area contributed by atoms with Crippen LogP contribution in [0.2, 0.25) is 0 Å². The van der Waals surface area contributed by atoms with Crippen molar-refractivity contribution < 1.29 is 18.4 Å². The van der Waals surface area contributed by atoms with E-state index in [1.165, 1.54) is 41.3 Å². The minimum atomic E-state index is -0.793. The molecule has 3 aromatic carbocycles. The first-order chi connectivity index (χ1) is 15.9. The maximum Gasteiger partial charge on any atom is 0.256 e. The number of benzene rings is 3. The molecule has 1 N–H and O–H groups in total. The number of carbonyl (C=O) groups is 2. The molecule has 1 aliphatic heterocycles. The Morgan fingerprint density at radius 2 is 1.52 bits per heavy atom. The van der Waals surface area contributed by atoms with E-state index in [2.05, 4.69) is 5.32 Å². The van der Waals surface area contributed by atoms with Crippen molar-refractivity contribution in [3.8, 4) is 0 Å². The predicted molar refractivity (Wildman–Crippen MR) is 127 cm³/mol. The number of para-hydroxylation sites is 1. The summed E-state index contributed by atoms with van der Waals surface area (Å²) in [4.78, 5) is 29.2. The van der Waals surface area contributed by atoms with Gasteiger partial charge in [0.15, 0.2) is 5.11 Å². The van der Waals surface area contributed by atoms with Crippen LogP contribution >= 0.6 is 12.2 Å². The van der Waals surface area contributed by atoms with Gasteiger partial charge in [-0.3, -0.25) is 14.5 Å². The Hall–Kier alpha value is -3.65. The minimum absolute atomic E-state index is 0.122. The van der Waals surface area contributed by atoms with E-state index >= 15 is 0 Å². The highest BCUT2D eigenvalue weighted by Gasteiger charge is 2.43. The number of halogens is 2. The highest BCUT2D eigenvalue weighted by molar-refractivity contribution is 7.80. The molecule has 0 saturated carbocycles. The first-order valence-corrected chi connectivity index (χ1v) is 10.8. The standard InChI is InChI=1S/C25H21F2N3O2S/c26-18-8-6-17(7-9-18)14-15-29-22(16-23(31)28-20-12-10-19(27)11-13-20)24(32)30(25(29)33)21-4-2-1-3-5-21/h1-13,22H,14-16H2,(H,28,31)/t22-/m1/s1. The molecule has 168 valence electrons. The zero-order chi connectivity index (χ0) is 23.4. The molecule has 0 unspecified atom stereocenters. The van der Waals surface area contributed by atoms with Gasteiger partial charge in [-0.15, -0.1) is 0 Å². The van der Waals surface area contributed by atoms with Crippen LogP contribution in [0.15, 0.2) is 78.9 Å². The summed E-state index contributed by atoms with van der Waals surface area (Å²) in [7, 11) is 0. The minimum Gasteiger partial charge on any atom is -0.336 e. The van der Waals surface area contributed by atoms with Crippen LogP contribution in [-0.4, -0.2) is 34.4 Å². The smallest absolute Gasteiger partial charge is 0.256 e. The third-order valence-corrected chi connectivity index (χ3v) is 5.81. The lowest BCUT2D eigenvalue weighted by Crippen LogP contribution is -2.39. The molecule has 2 amide bonds. The summed E-state index contributed by atoms with van der Waals surface area (Å²) in [6.45, 7) is 0.383. The Labute approximate surface area is 195 Å². The molecule has 0 aromatic heterocycles. The van der Waals surface area contributed by atoms with Crippen molar-refractivity contribution in [3.05, 3.63) is 96.1 Å². The van der Waals surface area contributed by atoms with Gasteiger partial charge in [-0.2, -0.15) is 0 Å². The van der Waals surface area contributed by atoms with E-state index < -0.39 is 11.9 Å². The van der Waals surface area contributed by atoms with Crippen molar-refractivity contribution in [2.24, 2.45) is 0 Å². The molecule has 0 aliphatic carbocycles. The van der Waals surface area contributed by atoms with E-state index in [0.29, 0.717) is 29.5 Å². The molecule has 0 bridgehead atoms. The molecule has 0 radical (unpaired) electrons. The van der Waals surface area contributed by atoms with E-state index in [0.717, 1.165) is 5.56 Å². The molecule has 1 fully saturated rings. The second kappa shape index (κ2) is 9.87. The van der Waals surface area contributed by atoms with Crippen LogP contribution in [0, 0.1) is 11.6 Å². The van der Waals surface area contributed by atoms with Crippen molar-refractivity contribution in [1.29, 1.82) is 0 Å². The van der Waals surface area contributed by atoms with Crippen LogP contribution in [-0.2, 0) is 16.0 Å². The number of amides is 2. The van der Waals surface area contributed by atoms with Crippen molar-refractivity contribution in [1.82, 2.24) is 4.90 Å². The highest BCUT2D eigenvalue weighted by Crippen LogP contribution is 2.27. The number of carbonyl (C=O) groups excluding carboxylic acids is 2. The topological polar surface area (TPSA) is 52.7 Å². The fraction of sp³-hybridized carbons (Fsp3) is 0.160. The second-order valence-corrected chi connectivity index (χ2v) is 8.00. The number of rotatable bonds is 7. The molecule has 0 spiro atoms. The zero-order valence-electron chi connectivity index (χ0n) is 17.6. The Kier molecular flexibility index (Phi) is 6.74.